The first-order valence-electron chi connectivity index (χ1n) is 8.94. The second-order valence-corrected chi connectivity index (χ2v) is 6.20. The molecule has 0 saturated heterocycles. The minimum absolute atomic E-state index is 0. The van der Waals surface area contributed by atoms with Crippen LogP contribution in [-0.2, 0) is 4.74 Å². The Labute approximate surface area is 175 Å². The van der Waals surface area contributed by atoms with Gasteiger partial charge >= 0.3 is 0 Å². The third kappa shape index (κ3) is 10.1. The number of aliphatic hydroxyl groups excluding tert-OH is 1. The number of rotatable bonds is 11. The lowest BCUT2D eigenvalue weighted by molar-refractivity contribution is 0.0368. The van der Waals surface area contributed by atoms with Crippen LogP contribution in [0.15, 0.2) is 23.2 Å². The van der Waals surface area contributed by atoms with Crippen molar-refractivity contribution in [1.29, 1.82) is 0 Å². The van der Waals surface area contributed by atoms with Crippen molar-refractivity contribution < 1.29 is 23.4 Å². The van der Waals surface area contributed by atoms with Crippen LogP contribution in [0.4, 0.5) is 8.78 Å². The van der Waals surface area contributed by atoms with Gasteiger partial charge in [-0.25, -0.2) is 8.78 Å². The molecule has 1 atom stereocenters. The number of hydrogen-bond acceptors (Lipinski definition) is 4. The van der Waals surface area contributed by atoms with Crippen LogP contribution in [0.1, 0.15) is 19.8 Å². The van der Waals surface area contributed by atoms with E-state index in [1.54, 1.807) is 0 Å². The molecule has 1 unspecified atom stereocenters. The zero-order valence-electron chi connectivity index (χ0n) is 15.4. The normalized spacial score (nSPS) is 15.0. The maximum absolute atomic E-state index is 13.5. The molecule has 27 heavy (non-hydrogen) atoms. The van der Waals surface area contributed by atoms with Gasteiger partial charge in [0.05, 0.1) is 25.8 Å². The van der Waals surface area contributed by atoms with E-state index in [9.17, 15) is 13.9 Å². The monoisotopic (exact) mass is 499 g/mol. The van der Waals surface area contributed by atoms with Crippen molar-refractivity contribution in [1.82, 2.24) is 10.6 Å². The van der Waals surface area contributed by atoms with Crippen LogP contribution >= 0.6 is 24.0 Å². The highest BCUT2D eigenvalue weighted by Crippen LogP contribution is 2.28. The summed E-state index contributed by atoms with van der Waals surface area (Å²) in [5.41, 5.74) is 0. The summed E-state index contributed by atoms with van der Waals surface area (Å²) in [4.78, 5) is 4.29. The molecule has 1 aromatic carbocycles. The standard InChI is InChI=1S/C18H27F2N3O3.HI/c1-2-21-18(23-10-15(24)12-25-11-13-3-4-13)22-7-8-26-17-6-5-14(19)9-16(17)20;/h5-6,9,13,15,24H,2-4,7-8,10-12H2,1H3,(H2,21,22,23);1H. The van der Waals surface area contributed by atoms with E-state index >= 15 is 0 Å². The molecular weight excluding hydrogens is 471 g/mol. The maximum Gasteiger partial charge on any atom is 0.191 e. The van der Waals surface area contributed by atoms with Crippen LogP contribution < -0.4 is 15.4 Å². The fraction of sp³-hybridized carbons (Fsp3) is 0.611. The van der Waals surface area contributed by atoms with Crippen LogP contribution in [-0.4, -0.2) is 56.6 Å². The van der Waals surface area contributed by atoms with Crippen molar-refractivity contribution in [2.75, 3.05) is 39.5 Å². The molecule has 1 fully saturated rings. The number of hydrogen-bond donors (Lipinski definition) is 3. The van der Waals surface area contributed by atoms with Crippen molar-refractivity contribution >= 4 is 29.9 Å². The number of guanidine groups is 1. The van der Waals surface area contributed by atoms with Gasteiger partial charge in [0, 0.05) is 19.2 Å². The van der Waals surface area contributed by atoms with Crippen LogP contribution in [0, 0.1) is 17.6 Å². The Morgan fingerprint density at radius 1 is 1.33 bits per heavy atom. The van der Waals surface area contributed by atoms with Gasteiger partial charge in [0.25, 0.3) is 0 Å². The second kappa shape index (κ2) is 13.1. The van der Waals surface area contributed by atoms with E-state index in [1.807, 2.05) is 6.92 Å². The third-order valence-corrected chi connectivity index (χ3v) is 3.71. The van der Waals surface area contributed by atoms with Crippen LogP contribution in [0.3, 0.4) is 0 Å². The topological polar surface area (TPSA) is 75.1 Å². The average Bonchev–Trinajstić information content (AvgIpc) is 3.42. The van der Waals surface area contributed by atoms with Gasteiger partial charge in [-0.3, -0.25) is 4.99 Å². The number of nitrogens with one attached hydrogen (secondary N) is 2. The zero-order chi connectivity index (χ0) is 18.8. The fourth-order valence-electron chi connectivity index (χ4n) is 2.17. The molecule has 0 heterocycles. The molecule has 0 radical (unpaired) electrons. The van der Waals surface area contributed by atoms with Crippen molar-refractivity contribution in [2.45, 2.75) is 25.9 Å². The SMILES string of the molecule is CCNC(=NCC(O)COCC1CC1)NCCOc1ccc(F)cc1F.I. The highest BCUT2D eigenvalue weighted by Gasteiger charge is 2.21. The van der Waals surface area contributed by atoms with E-state index in [-0.39, 0.29) is 49.5 Å². The summed E-state index contributed by atoms with van der Waals surface area (Å²) in [5.74, 6) is -0.194. The van der Waals surface area contributed by atoms with Gasteiger partial charge in [0.1, 0.15) is 12.4 Å². The van der Waals surface area contributed by atoms with Crippen molar-refractivity contribution in [3.8, 4) is 5.75 Å². The third-order valence-electron chi connectivity index (χ3n) is 3.71. The Bertz CT molecular complexity index is 589. The molecule has 0 bridgehead atoms. The van der Waals surface area contributed by atoms with Gasteiger partial charge in [-0.15, -0.1) is 24.0 Å². The summed E-state index contributed by atoms with van der Waals surface area (Å²) in [6.07, 6.45) is 1.77. The Kier molecular flexibility index (Phi) is 11.5. The molecule has 0 spiro atoms. The molecule has 3 N–H and O–H groups in total. The summed E-state index contributed by atoms with van der Waals surface area (Å²) in [6.45, 7) is 4.33. The van der Waals surface area contributed by atoms with Gasteiger partial charge < -0.3 is 25.2 Å². The molecule has 6 nitrogen and oxygen atoms in total. The van der Waals surface area contributed by atoms with E-state index < -0.39 is 17.7 Å². The summed E-state index contributed by atoms with van der Waals surface area (Å²) >= 11 is 0. The Hall–Kier alpha value is -1.20. The Balaban J connectivity index is 0.00000364. The van der Waals surface area contributed by atoms with Crippen molar-refractivity contribution in [3.05, 3.63) is 29.8 Å². The predicted octanol–water partition coefficient (Wildman–Crippen LogP) is 2.30. The highest BCUT2D eigenvalue weighted by atomic mass is 127. The van der Waals surface area contributed by atoms with E-state index in [1.165, 1.54) is 18.9 Å². The Morgan fingerprint density at radius 2 is 2.11 bits per heavy atom. The summed E-state index contributed by atoms with van der Waals surface area (Å²) in [6, 6.07) is 3.17. The number of nitrogens with zero attached hydrogens (tertiary/aromatic N) is 1. The molecule has 1 aliphatic carbocycles. The van der Waals surface area contributed by atoms with E-state index in [0.29, 0.717) is 31.6 Å². The lowest BCUT2D eigenvalue weighted by atomic mass is 10.3. The van der Waals surface area contributed by atoms with E-state index in [4.69, 9.17) is 9.47 Å². The number of halogens is 3. The summed E-state index contributed by atoms with van der Waals surface area (Å²) in [7, 11) is 0. The molecule has 0 aliphatic heterocycles. The average molecular weight is 499 g/mol. The van der Waals surface area contributed by atoms with Gasteiger partial charge in [-0.05, 0) is 37.8 Å². The molecule has 0 aromatic heterocycles. The smallest absolute Gasteiger partial charge is 0.191 e. The highest BCUT2D eigenvalue weighted by molar-refractivity contribution is 14.0. The Morgan fingerprint density at radius 3 is 2.78 bits per heavy atom. The predicted molar refractivity (Wildman–Crippen MR) is 111 cm³/mol. The van der Waals surface area contributed by atoms with Gasteiger partial charge in [0.15, 0.2) is 17.5 Å². The first-order valence-corrected chi connectivity index (χ1v) is 8.94. The molecule has 1 saturated carbocycles. The van der Waals surface area contributed by atoms with E-state index in [0.717, 1.165) is 12.1 Å². The van der Waals surface area contributed by atoms with Gasteiger partial charge in [-0.1, -0.05) is 0 Å². The molecule has 1 aromatic rings. The van der Waals surface area contributed by atoms with Crippen LogP contribution in [0.2, 0.25) is 0 Å². The lowest BCUT2D eigenvalue weighted by Gasteiger charge is -2.14. The molecule has 1 aliphatic rings. The molecule has 0 amide bonds. The lowest BCUT2D eigenvalue weighted by Crippen LogP contribution is -2.40. The number of aliphatic hydroxyl groups is 1. The van der Waals surface area contributed by atoms with Crippen LogP contribution in [0.25, 0.3) is 0 Å². The minimum atomic E-state index is -0.736. The molecule has 2 rings (SSSR count). The quantitative estimate of drug-likeness (QED) is 0.189. The first-order chi connectivity index (χ1) is 12.6. The number of aliphatic imine (C=N–C) groups is 1. The van der Waals surface area contributed by atoms with E-state index in [2.05, 4.69) is 15.6 Å². The molecule has 9 heteroatoms. The van der Waals surface area contributed by atoms with Gasteiger partial charge in [-0.2, -0.15) is 0 Å². The minimum Gasteiger partial charge on any atom is -0.489 e. The summed E-state index contributed by atoms with van der Waals surface area (Å²) < 4.78 is 37.0. The zero-order valence-corrected chi connectivity index (χ0v) is 17.7. The number of ether oxygens (including phenoxy) is 2. The maximum atomic E-state index is 13.5. The van der Waals surface area contributed by atoms with Crippen molar-refractivity contribution in [2.24, 2.45) is 10.9 Å². The van der Waals surface area contributed by atoms with Crippen LogP contribution in [0.5, 0.6) is 5.75 Å². The van der Waals surface area contributed by atoms with Crippen molar-refractivity contribution in [3.63, 3.8) is 0 Å². The molecule has 154 valence electrons. The largest absolute Gasteiger partial charge is 0.489 e. The van der Waals surface area contributed by atoms with Gasteiger partial charge in [0.2, 0.25) is 0 Å². The fourth-order valence-corrected chi connectivity index (χ4v) is 2.17. The second-order valence-electron chi connectivity index (χ2n) is 6.20. The number of benzene rings is 1. The summed E-state index contributed by atoms with van der Waals surface area (Å²) in [5, 5.41) is 16.0. The molecular formula is C18H28F2IN3O3. The first kappa shape index (κ1) is 23.8.